The van der Waals surface area contributed by atoms with Gasteiger partial charge in [-0.15, -0.1) is 0 Å². The van der Waals surface area contributed by atoms with E-state index in [4.69, 9.17) is 0 Å². The molecular formula is C12H15NO2. The molecule has 3 N–H and O–H groups in total. The molecule has 1 aromatic carbocycles. The van der Waals surface area contributed by atoms with Crippen LogP contribution in [0, 0.1) is 6.92 Å². The highest BCUT2D eigenvalue weighted by Gasteiger charge is 2.13. The molecule has 2 aromatic rings. The Bertz CT molecular complexity index is 500. The molecule has 0 atom stereocenters. The number of aromatic nitrogens is 1. The first-order valence-electron chi connectivity index (χ1n) is 5.16. The van der Waals surface area contributed by atoms with Crippen LogP contribution in [0.2, 0.25) is 0 Å². The summed E-state index contributed by atoms with van der Waals surface area (Å²) in [7, 11) is 0. The average molecular weight is 205 g/mol. The standard InChI is InChI=1S/C12H15NO2/c1-3-4-8-11-7(2)6-13-9(11)5-10(14)12(8)15/h5-6,13-15H,3-4H2,1-2H3. The van der Waals surface area contributed by atoms with Gasteiger partial charge in [0.05, 0.1) is 0 Å². The molecular weight excluding hydrogens is 190 g/mol. The summed E-state index contributed by atoms with van der Waals surface area (Å²) in [5.74, 6) is -0.0279. The third-order valence-corrected chi connectivity index (χ3v) is 2.72. The van der Waals surface area contributed by atoms with Gasteiger partial charge >= 0.3 is 0 Å². The van der Waals surface area contributed by atoms with Gasteiger partial charge in [-0.3, -0.25) is 0 Å². The molecule has 0 aliphatic heterocycles. The Morgan fingerprint density at radius 2 is 2.07 bits per heavy atom. The van der Waals surface area contributed by atoms with E-state index in [1.807, 2.05) is 13.1 Å². The van der Waals surface area contributed by atoms with E-state index in [0.717, 1.165) is 34.9 Å². The number of benzene rings is 1. The second-order valence-corrected chi connectivity index (χ2v) is 3.87. The number of phenols is 2. The molecule has 0 aliphatic rings. The predicted molar refractivity (Wildman–Crippen MR) is 60.4 cm³/mol. The fourth-order valence-corrected chi connectivity index (χ4v) is 2.03. The Hall–Kier alpha value is -1.64. The lowest BCUT2D eigenvalue weighted by molar-refractivity contribution is 0.400. The molecule has 0 unspecified atom stereocenters. The predicted octanol–water partition coefficient (Wildman–Crippen LogP) is 2.84. The van der Waals surface area contributed by atoms with Crippen LogP contribution in [0.25, 0.3) is 10.9 Å². The Labute approximate surface area is 88.4 Å². The Balaban J connectivity index is 2.80. The summed E-state index contributed by atoms with van der Waals surface area (Å²) in [5, 5.41) is 20.4. The van der Waals surface area contributed by atoms with Crippen LogP contribution in [0.15, 0.2) is 12.3 Å². The first-order valence-corrected chi connectivity index (χ1v) is 5.16. The molecule has 1 heterocycles. The summed E-state index contributed by atoms with van der Waals surface area (Å²) in [6.45, 7) is 4.05. The maximum atomic E-state index is 9.81. The molecule has 2 rings (SSSR count). The maximum absolute atomic E-state index is 9.81. The molecule has 0 bridgehead atoms. The molecule has 3 heteroatoms. The van der Waals surface area contributed by atoms with Crippen molar-refractivity contribution in [1.29, 1.82) is 0 Å². The lowest BCUT2D eigenvalue weighted by atomic mass is 10.0. The third kappa shape index (κ3) is 1.44. The molecule has 3 nitrogen and oxygen atoms in total. The Morgan fingerprint density at radius 1 is 1.33 bits per heavy atom. The minimum absolute atomic E-state index is 0.0204. The normalized spacial score (nSPS) is 11.1. The molecule has 1 aromatic heterocycles. The monoisotopic (exact) mass is 205 g/mol. The van der Waals surface area contributed by atoms with Crippen molar-refractivity contribution in [2.75, 3.05) is 0 Å². The van der Waals surface area contributed by atoms with Crippen LogP contribution < -0.4 is 0 Å². The van der Waals surface area contributed by atoms with E-state index in [9.17, 15) is 10.2 Å². The van der Waals surface area contributed by atoms with Crippen LogP contribution in [-0.4, -0.2) is 15.2 Å². The fourth-order valence-electron chi connectivity index (χ4n) is 2.03. The number of aromatic amines is 1. The van der Waals surface area contributed by atoms with Crippen molar-refractivity contribution in [3.8, 4) is 11.5 Å². The summed E-state index contributed by atoms with van der Waals surface area (Å²) in [4.78, 5) is 3.08. The Morgan fingerprint density at radius 3 is 2.73 bits per heavy atom. The number of aromatic hydroxyl groups is 2. The highest BCUT2D eigenvalue weighted by molar-refractivity contribution is 5.90. The molecule has 0 fully saturated rings. The molecule has 0 saturated heterocycles. The number of nitrogens with one attached hydrogen (secondary N) is 1. The van der Waals surface area contributed by atoms with E-state index in [1.54, 1.807) is 6.07 Å². The topological polar surface area (TPSA) is 56.2 Å². The second kappa shape index (κ2) is 3.50. The lowest BCUT2D eigenvalue weighted by Gasteiger charge is -2.08. The number of rotatable bonds is 2. The van der Waals surface area contributed by atoms with Crippen LogP contribution in [0.1, 0.15) is 24.5 Å². The molecule has 0 amide bonds. The van der Waals surface area contributed by atoms with Gasteiger partial charge in [0, 0.05) is 28.7 Å². The van der Waals surface area contributed by atoms with Crippen LogP contribution >= 0.6 is 0 Å². The minimum Gasteiger partial charge on any atom is -0.504 e. The van der Waals surface area contributed by atoms with Crippen LogP contribution in [-0.2, 0) is 6.42 Å². The van der Waals surface area contributed by atoms with Gasteiger partial charge in [-0.05, 0) is 18.9 Å². The van der Waals surface area contributed by atoms with Crippen molar-refractivity contribution in [3.63, 3.8) is 0 Å². The molecule has 0 radical (unpaired) electrons. The van der Waals surface area contributed by atoms with E-state index >= 15 is 0 Å². The van der Waals surface area contributed by atoms with Gasteiger partial charge in [0.1, 0.15) is 0 Å². The van der Waals surface area contributed by atoms with Crippen molar-refractivity contribution in [2.45, 2.75) is 26.7 Å². The number of hydrogen-bond donors (Lipinski definition) is 3. The van der Waals surface area contributed by atoms with E-state index in [2.05, 4.69) is 11.9 Å². The van der Waals surface area contributed by atoms with Gasteiger partial charge in [-0.25, -0.2) is 0 Å². The van der Waals surface area contributed by atoms with Crippen LogP contribution in [0.5, 0.6) is 11.5 Å². The lowest BCUT2D eigenvalue weighted by Crippen LogP contribution is -1.88. The number of fused-ring (bicyclic) bond motifs is 1. The van der Waals surface area contributed by atoms with E-state index < -0.39 is 0 Å². The van der Waals surface area contributed by atoms with Crippen LogP contribution in [0.4, 0.5) is 0 Å². The van der Waals surface area contributed by atoms with Crippen molar-refractivity contribution in [2.24, 2.45) is 0 Å². The molecule has 15 heavy (non-hydrogen) atoms. The van der Waals surface area contributed by atoms with Gasteiger partial charge in [-0.1, -0.05) is 13.3 Å². The first kappa shape index (κ1) is 9.90. The number of aryl methyl sites for hydroxylation is 2. The minimum atomic E-state index is -0.0483. The van der Waals surface area contributed by atoms with Gasteiger partial charge in [0.25, 0.3) is 0 Å². The van der Waals surface area contributed by atoms with Crippen LogP contribution in [0.3, 0.4) is 0 Å². The summed E-state index contributed by atoms with van der Waals surface area (Å²) in [5.41, 5.74) is 2.82. The largest absolute Gasteiger partial charge is 0.504 e. The van der Waals surface area contributed by atoms with Gasteiger partial charge in [-0.2, -0.15) is 0 Å². The zero-order valence-electron chi connectivity index (χ0n) is 8.96. The van der Waals surface area contributed by atoms with Crippen molar-refractivity contribution >= 4 is 10.9 Å². The maximum Gasteiger partial charge on any atom is 0.161 e. The fraction of sp³-hybridized carbons (Fsp3) is 0.333. The second-order valence-electron chi connectivity index (χ2n) is 3.87. The van der Waals surface area contributed by atoms with Gasteiger partial charge in [0.2, 0.25) is 0 Å². The zero-order valence-corrected chi connectivity index (χ0v) is 8.96. The van der Waals surface area contributed by atoms with Crippen molar-refractivity contribution < 1.29 is 10.2 Å². The summed E-state index contributed by atoms with van der Waals surface area (Å²) in [6, 6.07) is 1.57. The summed E-state index contributed by atoms with van der Waals surface area (Å²) in [6.07, 6.45) is 3.61. The number of hydrogen-bond acceptors (Lipinski definition) is 2. The molecule has 0 spiro atoms. The van der Waals surface area contributed by atoms with Gasteiger partial charge in [0.15, 0.2) is 11.5 Å². The quantitative estimate of drug-likeness (QED) is 0.660. The number of H-pyrrole nitrogens is 1. The highest BCUT2D eigenvalue weighted by Crippen LogP contribution is 2.37. The SMILES string of the molecule is CCCc1c(O)c(O)cc2[nH]cc(C)c12. The van der Waals surface area contributed by atoms with E-state index in [1.165, 1.54) is 0 Å². The van der Waals surface area contributed by atoms with E-state index in [0.29, 0.717) is 0 Å². The summed E-state index contributed by atoms with van der Waals surface area (Å²) < 4.78 is 0. The van der Waals surface area contributed by atoms with Crippen molar-refractivity contribution in [1.82, 2.24) is 4.98 Å². The van der Waals surface area contributed by atoms with Crippen molar-refractivity contribution in [3.05, 3.63) is 23.4 Å². The first-order chi connectivity index (χ1) is 7.15. The molecule has 0 aliphatic carbocycles. The summed E-state index contributed by atoms with van der Waals surface area (Å²) >= 11 is 0. The zero-order chi connectivity index (χ0) is 11.0. The third-order valence-electron chi connectivity index (χ3n) is 2.72. The van der Waals surface area contributed by atoms with Gasteiger partial charge < -0.3 is 15.2 Å². The molecule has 0 saturated carbocycles. The smallest absolute Gasteiger partial charge is 0.161 e. The van der Waals surface area contributed by atoms with E-state index in [-0.39, 0.29) is 11.5 Å². The Kier molecular flexibility index (Phi) is 2.31. The molecule has 80 valence electrons. The number of phenolic OH excluding ortho intramolecular Hbond substituents is 2. The average Bonchev–Trinajstić information content (AvgIpc) is 2.55. The highest BCUT2D eigenvalue weighted by atomic mass is 16.3.